The predicted octanol–water partition coefficient (Wildman–Crippen LogP) is 2.33. The van der Waals surface area contributed by atoms with Gasteiger partial charge in [0.15, 0.2) is 0 Å². The molecule has 0 bridgehead atoms. The molecule has 1 aliphatic rings. The maximum Gasteiger partial charge on any atom is 0.253 e. The van der Waals surface area contributed by atoms with E-state index in [9.17, 15) is 4.79 Å². The molecule has 5 heteroatoms. The van der Waals surface area contributed by atoms with Crippen LogP contribution in [0.1, 0.15) is 29.6 Å². The largest absolute Gasteiger partial charge is 0.497 e. The van der Waals surface area contributed by atoms with Gasteiger partial charge in [-0.15, -0.1) is 12.4 Å². The van der Waals surface area contributed by atoms with Crippen molar-refractivity contribution in [2.75, 3.05) is 27.2 Å². The van der Waals surface area contributed by atoms with E-state index < -0.39 is 0 Å². The van der Waals surface area contributed by atoms with Crippen molar-refractivity contribution in [3.05, 3.63) is 29.8 Å². The maximum absolute atomic E-state index is 12.4. The third-order valence-corrected chi connectivity index (χ3v) is 3.75. The van der Waals surface area contributed by atoms with Crippen molar-refractivity contribution in [1.82, 2.24) is 10.2 Å². The van der Waals surface area contributed by atoms with Crippen molar-refractivity contribution in [1.29, 1.82) is 0 Å². The summed E-state index contributed by atoms with van der Waals surface area (Å²) in [6.45, 7) is 2.05. The lowest BCUT2D eigenvalue weighted by molar-refractivity contribution is 0.0720. The third-order valence-electron chi connectivity index (χ3n) is 3.75. The highest BCUT2D eigenvalue weighted by Gasteiger charge is 2.21. The number of carbonyl (C=O) groups excluding carboxylic acids is 1. The highest BCUT2D eigenvalue weighted by Crippen LogP contribution is 2.17. The van der Waals surface area contributed by atoms with Crippen LogP contribution in [0.25, 0.3) is 0 Å². The van der Waals surface area contributed by atoms with Gasteiger partial charge in [0.05, 0.1) is 7.11 Å². The minimum absolute atomic E-state index is 0. The lowest BCUT2D eigenvalue weighted by Gasteiger charge is -2.27. The molecule has 0 radical (unpaired) electrons. The molecule has 1 aromatic carbocycles. The van der Waals surface area contributed by atoms with E-state index in [-0.39, 0.29) is 18.3 Å². The quantitative estimate of drug-likeness (QED) is 0.931. The molecule has 0 aliphatic carbocycles. The number of ether oxygens (including phenoxy) is 1. The maximum atomic E-state index is 12.4. The van der Waals surface area contributed by atoms with Crippen LogP contribution in [0.15, 0.2) is 24.3 Å². The molecule has 0 saturated carbocycles. The number of nitrogens with zero attached hydrogens (tertiary/aromatic N) is 1. The molecule has 1 unspecified atom stereocenters. The van der Waals surface area contributed by atoms with Crippen molar-refractivity contribution in [3.63, 3.8) is 0 Å². The molecule has 4 nitrogen and oxygen atoms in total. The van der Waals surface area contributed by atoms with E-state index in [0.29, 0.717) is 6.04 Å². The molecule has 0 aromatic heterocycles. The summed E-state index contributed by atoms with van der Waals surface area (Å²) >= 11 is 0. The monoisotopic (exact) mass is 298 g/mol. The van der Waals surface area contributed by atoms with Gasteiger partial charge in [-0.1, -0.05) is 0 Å². The van der Waals surface area contributed by atoms with Gasteiger partial charge in [0, 0.05) is 18.7 Å². The van der Waals surface area contributed by atoms with Gasteiger partial charge in [0.1, 0.15) is 5.75 Å². The number of carbonyl (C=O) groups is 1. The normalized spacial score (nSPS) is 18.6. The summed E-state index contributed by atoms with van der Waals surface area (Å²) in [6.07, 6.45) is 3.23. The molecule has 112 valence electrons. The van der Waals surface area contributed by atoms with Crippen molar-refractivity contribution in [2.24, 2.45) is 0 Å². The molecule has 1 heterocycles. The lowest BCUT2D eigenvalue weighted by atomic mass is 10.1. The molecule has 1 saturated heterocycles. The smallest absolute Gasteiger partial charge is 0.253 e. The van der Waals surface area contributed by atoms with Crippen LogP contribution in [-0.4, -0.2) is 44.1 Å². The summed E-state index contributed by atoms with van der Waals surface area (Å²) in [7, 11) is 3.53. The minimum atomic E-state index is 0. The van der Waals surface area contributed by atoms with Gasteiger partial charge in [-0.3, -0.25) is 4.79 Å². The van der Waals surface area contributed by atoms with E-state index in [1.54, 1.807) is 7.11 Å². The summed E-state index contributed by atoms with van der Waals surface area (Å²) in [5.41, 5.74) is 0.723. The fraction of sp³-hybridized carbons (Fsp3) is 0.533. The predicted molar refractivity (Wildman–Crippen MR) is 82.8 cm³/mol. The van der Waals surface area contributed by atoms with E-state index in [1.165, 1.54) is 0 Å². The fourth-order valence-corrected chi connectivity index (χ4v) is 2.49. The van der Waals surface area contributed by atoms with Crippen LogP contribution in [0.5, 0.6) is 5.75 Å². The second-order valence-corrected chi connectivity index (χ2v) is 4.98. The highest BCUT2D eigenvalue weighted by atomic mass is 35.5. The van der Waals surface area contributed by atoms with Gasteiger partial charge in [-0.2, -0.15) is 0 Å². The van der Waals surface area contributed by atoms with E-state index in [2.05, 4.69) is 5.32 Å². The number of hydrogen-bond acceptors (Lipinski definition) is 3. The topological polar surface area (TPSA) is 41.6 Å². The molecular formula is C15H23ClN2O2. The van der Waals surface area contributed by atoms with Gasteiger partial charge in [-0.25, -0.2) is 0 Å². The standard InChI is InChI=1S/C15H22N2O2.ClH/c1-17(13-4-3-10-16-11-9-13)15(18)12-5-7-14(19-2)8-6-12;/h5-8,13,16H,3-4,9-11H2,1-2H3;1H. The van der Waals surface area contributed by atoms with Crippen molar-refractivity contribution in [2.45, 2.75) is 25.3 Å². The Labute approximate surface area is 126 Å². The summed E-state index contributed by atoms with van der Waals surface area (Å²) in [6, 6.07) is 7.65. The summed E-state index contributed by atoms with van der Waals surface area (Å²) in [5.74, 6) is 0.868. The van der Waals surface area contributed by atoms with Crippen LogP contribution in [0.3, 0.4) is 0 Å². The molecule has 20 heavy (non-hydrogen) atoms. The Hall–Kier alpha value is -1.26. The Morgan fingerprint density at radius 1 is 1.25 bits per heavy atom. The first-order valence-electron chi connectivity index (χ1n) is 6.84. The van der Waals surface area contributed by atoms with Crippen LogP contribution >= 0.6 is 12.4 Å². The molecule has 1 aliphatic heterocycles. The molecule has 0 spiro atoms. The average Bonchev–Trinajstić information content (AvgIpc) is 2.75. The molecule has 1 fully saturated rings. The zero-order valence-electron chi connectivity index (χ0n) is 12.1. The molecule has 1 N–H and O–H groups in total. The van der Waals surface area contributed by atoms with E-state index in [1.807, 2.05) is 36.2 Å². The lowest BCUT2D eigenvalue weighted by Crippen LogP contribution is -2.37. The van der Waals surface area contributed by atoms with Gasteiger partial charge < -0.3 is 15.0 Å². The van der Waals surface area contributed by atoms with E-state index >= 15 is 0 Å². The minimum Gasteiger partial charge on any atom is -0.497 e. The fourth-order valence-electron chi connectivity index (χ4n) is 2.49. The van der Waals surface area contributed by atoms with Crippen LogP contribution in [-0.2, 0) is 0 Å². The Kier molecular flexibility index (Phi) is 6.82. The molecular weight excluding hydrogens is 276 g/mol. The number of amides is 1. The van der Waals surface area contributed by atoms with Crippen molar-refractivity contribution >= 4 is 18.3 Å². The zero-order chi connectivity index (χ0) is 13.7. The number of halogens is 1. The zero-order valence-corrected chi connectivity index (χ0v) is 12.9. The second-order valence-electron chi connectivity index (χ2n) is 4.98. The van der Waals surface area contributed by atoms with Crippen molar-refractivity contribution < 1.29 is 9.53 Å². The van der Waals surface area contributed by atoms with Crippen LogP contribution in [0.4, 0.5) is 0 Å². The first kappa shape index (κ1) is 16.8. The number of rotatable bonds is 3. The Bertz CT molecular complexity index is 414. The van der Waals surface area contributed by atoms with Crippen LogP contribution in [0.2, 0.25) is 0 Å². The van der Waals surface area contributed by atoms with Gasteiger partial charge >= 0.3 is 0 Å². The number of methoxy groups -OCH3 is 1. The molecule has 1 aromatic rings. The first-order valence-corrected chi connectivity index (χ1v) is 6.84. The summed E-state index contributed by atoms with van der Waals surface area (Å²) in [4.78, 5) is 14.3. The van der Waals surface area contributed by atoms with Gasteiger partial charge in [0.2, 0.25) is 0 Å². The third kappa shape index (κ3) is 4.12. The van der Waals surface area contributed by atoms with Crippen molar-refractivity contribution in [3.8, 4) is 5.75 Å². The Morgan fingerprint density at radius 3 is 2.60 bits per heavy atom. The molecule has 2 rings (SSSR count). The second kappa shape index (κ2) is 8.12. The van der Waals surface area contributed by atoms with E-state index in [4.69, 9.17) is 4.74 Å². The Morgan fingerprint density at radius 2 is 1.95 bits per heavy atom. The molecule has 1 amide bonds. The summed E-state index contributed by atoms with van der Waals surface area (Å²) < 4.78 is 5.11. The number of hydrogen-bond donors (Lipinski definition) is 1. The average molecular weight is 299 g/mol. The summed E-state index contributed by atoms with van der Waals surface area (Å²) in [5, 5.41) is 3.37. The first-order chi connectivity index (χ1) is 9.22. The highest BCUT2D eigenvalue weighted by molar-refractivity contribution is 5.94. The van der Waals surface area contributed by atoms with E-state index in [0.717, 1.165) is 43.7 Å². The van der Waals surface area contributed by atoms with Crippen LogP contribution in [0, 0.1) is 0 Å². The molecule has 1 atom stereocenters. The van der Waals surface area contributed by atoms with Crippen LogP contribution < -0.4 is 10.1 Å². The number of nitrogens with one attached hydrogen (secondary N) is 1. The van der Waals surface area contributed by atoms with Gasteiger partial charge in [-0.05, 0) is 56.6 Å². The number of benzene rings is 1. The Balaban J connectivity index is 0.00000200. The van der Waals surface area contributed by atoms with Gasteiger partial charge in [0.25, 0.3) is 5.91 Å². The SMILES string of the molecule is COc1ccc(C(=O)N(C)C2CCCNCC2)cc1.Cl.